The second kappa shape index (κ2) is 9.35. The molecule has 1 aromatic heterocycles. The van der Waals surface area contributed by atoms with Crippen molar-refractivity contribution in [3.63, 3.8) is 0 Å². The van der Waals surface area contributed by atoms with Crippen LogP contribution in [0.1, 0.15) is 26.4 Å². The highest BCUT2D eigenvalue weighted by Crippen LogP contribution is 2.25. The van der Waals surface area contributed by atoms with E-state index in [0.29, 0.717) is 16.7 Å². The smallest absolute Gasteiger partial charge is 0.270 e. The van der Waals surface area contributed by atoms with Crippen LogP contribution in [-0.4, -0.2) is 74.6 Å². The first kappa shape index (κ1) is 24.7. The molecule has 1 fully saturated rings. The van der Waals surface area contributed by atoms with E-state index in [2.05, 4.69) is 4.98 Å². The molecule has 2 aromatic carbocycles. The molecular weight excluding hydrogens is 494 g/mol. The number of nitrogens with one attached hydrogen (secondary N) is 1. The van der Waals surface area contributed by atoms with E-state index in [1.807, 2.05) is 6.92 Å². The summed E-state index contributed by atoms with van der Waals surface area (Å²) in [7, 11) is -1.95. The van der Waals surface area contributed by atoms with Crippen molar-refractivity contribution in [2.75, 3.05) is 39.5 Å². The average molecular weight is 518 g/mol. The van der Waals surface area contributed by atoms with Crippen molar-refractivity contribution in [3.05, 3.63) is 68.5 Å². The lowest BCUT2D eigenvalue weighted by Gasteiger charge is -2.35. The molecule has 35 heavy (non-hydrogen) atoms. The van der Waals surface area contributed by atoms with Crippen LogP contribution in [0.4, 0.5) is 0 Å². The highest BCUT2D eigenvalue weighted by atomic mass is 35.5. The number of carbonyl (C=O) groups is 2. The molecule has 4 rings (SSSR count). The molecule has 0 aliphatic carbocycles. The minimum Gasteiger partial charge on any atom is -0.495 e. The molecule has 1 saturated heterocycles. The van der Waals surface area contributed by atoms with E-state index in [9.17, 15) is 22.8 Å². The number of H-pyrrole nitrogens is 1. The number of pyridine rings is 1. The molecule has 1 aliphatic rings. The molecule has 0 radical (unpaired) electrons. The number of sulfone groups is 1. The Bertz CT molecular complexity index is 1510. The molecular formula is C24H24ClN3O6S. The fraction of sp³-hybridized carbons (Fsp3) is 0.292. The number of hydrogen-bond donors (Lipinski definition) is 1. The third-order valence-corrected chi connectivity index (χ3v) is 7.48. The van der Waals surface area contributed by atoms with Crippen LogP contribution in [0, 0.1) is 6.92 Å². The molecule has 0 bridgehead atoms. The monoisotopic (exact) mass is 517 g/mol. The Balaban J connectivity index is 1.51. The van der Waals surface area contributed by atoms with E-state index in [1.165, 1.54) is 31.4 Å². The van der Waals surface area contributed by atoms with Crippen molar-refractivity contribution in [3.8, 4) is 5.75 Å². The summed E-state index contributed by atoms with van der Waals surface area (Å²) >= 11 is 6.19. The normalized spacial score (nSPS) is 14.3. The number of rotatable bonds is 4. The Kier molecular flexibility index (Phi) is 6.61. The largest absolute Gasteiger partial charge is 0.495 e. The molecule has 11 heteroatoms. The maximum atomic E-state index is 13.1. The van der Waals surface area contributed by atoms with Gasteiger partial charge in [0.2, 0.25) is 0 Å². The Hall–Kier alpha value is -3.37. The van der Waals surface area contributed by atoms with E-state index >= 15 is 0 Å². The standard InChI is InChI=1S/C24H24ClN3O6S/c1-14-4-7-20(34-2)22-21(14)19(29)13-18(26-22)24(31)28-10-8-27(9-11-28)23(30)16-6-5-15(12-17(16)25)35(3,32)33/h4-7,12-13H,8-11H2,1-3H3,(H,26,29). The molecule has 1 aliphatic heterocycles. The van der Waals surface area contributed by atoms with Gasteiger partial charge in [0, 0.05) is 38.5 Å². The van der Waals surface area contributed by atoms with Crippen LogP contribution in [-0.2, 0) is 9.84 Å². The molecule has 2 amide bonds. The number of aromatic amines is 1. The third-order valence-electron chi connectivity index (χ3n) is 6.06. The van der Waals surface area contributed by atoms with Gasteiger partial charge in [0.25, 0.3) is 11.8 Å². The van der Waals surface area contributed by atoms with Gasteiger partial charge in [0.05, 0.1) is 33.5 Å². The molecule has 0 saturated carbocycles. The first-order valence-electron chi connectivity index (χ1n) is 10.8. The second-order valence-electron chi connectivity index (χ2n) is 8.38. The van der Waals surface area contributed by atoms with E-state index in [1.54, 1.807) is 21.9 Å². The quantitative estimate of drug-likeness (QED) is 0.568. The minimum absolute atomic E-state index is 0.0330. The summed E-state index contributed by atoms with van der Waals surface area (Å²) in [5, 5.41) is 0.518. The van der Waals surface area contributed by atoms with Crippen molar-refractivity contribution in [1.29, 1.82) is 0 Å². The van der Waals surface area contributed by atoms with Crippen LogP contribution >= 0.6 is 11.6 Å². The van der Waals surface area contributed by atoms with Gasteiger partial charge in [-0.25, -0.2) is 8.42 Å². The summed E-state index contributed by atoms with van der Waals surface area (Å²) in [6, 6.07) is 8.82. The van der Waals surface area contributed by atoms with Gasteiger partial charge in [0.1, 0.15) is 11.4 Å². The van der Waals surface area contributed by atoms with Gasteiger partial charge in [-0.05, 0) is 36.8 Å². The highest BCUT2D eigenvalue weighted by Gasteiger charge is 2.28. The van der Waals surface area contributed by atoms with E-state index in [0.717, 1.165) is 11.8 Å². The number of hydrogen-bond acceptors (Lipinski definition) is 6. The highest BCUT2D eigenvalue weighted by molar-refractivity contribution is 7.90. The summed E-state index contributed by atoms with van der Waals surface area (Å²) < 4.78 is 28.8. The van der Waals surface area contributed by atoms with Crippen LogP contribution in [0.3, 0.4) is 0 Å². The van der Waals surface area contributed by atoms with Gasteiger partial charge < -0.3 is 19.5 Å². The lowest BCUT2D eigenvalue weighted by atomic mass is 10.1. The number of amides is 2. The summed E-state index contributed by atoms with van der Waals surface area (Å²) in [6.45, 7) is 2.85. The number of fused-ring (bicyclic) bond motifs is 1. The predicted octanol–water partition coefficient (Wildman–Crippen LogP) is 2.50. The molecule has 0 unspecified atom stereocenters. The van der Waals surface area contributed by atoms with Crippen molar-refractivity contribution in [2.45, 2.75) is 11.8 Å². The molecule has 9 nitrogen and oxygen atoms in total. The number of nitrogens with zero attached hydrogens (tertiary/aromatic N) is 2. The zero-order valence-electron chi connectivity index (χ0n) is 19.4. The maximum absolute atomic E-state index is 13.1. The lowest BCUT2D eigenvalue weighted by Crippen LogP contribution is -2.50. The summed E-state index contributed by atoms with van der Waals surface area (Å²) in [6.07, 6.45) is 1.07. The molecule has 184 valence electrons. The SMILES string of the molecule is COc1ccc(C)c2c(=O)cc(C(=O)N3CCN(C(=O)c4ccc(S(C)(=O)=O)cc4Cl)CC3)[nH]c12. The first-order valence-corrected chi connectivity index (χ1v) is 13.1. The number of methoxy groups -OCH3 is 1. The van der Waals surface area contributed by atoms with Crippen molar-refractivity contribution in [1.82, 2.24) is 14.8 Å². The number of halogens is 1. The zero-order valence-corrected chi connectivity index (χ0v) is 21.0. The molecule has 1 N–H and O–H groups in total. The summed E-state index contributed by atoms with van der Waals surface area (Å²) in [5.74, 6) is -0.233. The van der Waals surface area contributed by atoms with Crippen LogP contribution in [0.2, 0.25) is 5.02 Å². The van der Waals surface area contributed by atoms with Crippen molar-refractivity contribution < 1.29 is 22.7 Å². The number of carbonyl (C=O) groups excluding carboxylic acids is 2. The van der Waals surface area contributed by atoms with Gasteiger partial charge in [-0.1, -0.05) is 17.7 Å². The Labute approximate surface area is 207 Å². The summed E-state index contributed by atoms with van der Waals surface area (Å²) in [4.78, 5) is 45.0. The minimum atomic E-state index is -3.45. The molecule has 0 atom stereocenters. The lowest BCUT2D eigenvalue weighted by molar-refractivity contribution is 0.0532. The van der Waals surface area contributed by atoms with Gasteiger partial charge in [-0.15, -0.1) is 0 Å². The Morgan fingerprint density at radius 2 is 1.63 bits per heavy atom. The van der Waals surface area contributed by atoms with Gasteiger partial charge >= 0.3 is 0 Å². The third kappa shape index (κ3) is 4.76. The number of ether oxygens (including phenoxy) is 1. The van der Waals surface area contributed by atoms with Gasteiger partial charge in [-0.3, -0.25) is 14.4 Å². The Morgan fingerprint density at radius 1 is 1.00 bits per heavy atom. The van der Waals surface area contributed by atoms with Crippen molar-refractivity contribution in [2.24, 2.45) is 0 Å². The molecule has 2 heterocycles. The number of benzene rings is 2. The topological polar surface area (TPSA) is 117 Å². The van der Waals surface area contributed by atoms with Gasteiger partial charge in [0.15, 0.2) is 15.3 Å². The van der Waals surface area contributed by atoms with E-state index in [4.69, 9.17) is 16.3 Å². The Morgan fingerprint density at radius 3 is 2.20 bits per heavy atom. The van der Waals surface area contributed by atoms with Crippen LogP contribution in [0.25, 0.3) is 10.9 Å². The summed E-state index contributed by atoms with van der Waals surface area (Å²) in [5.41, 5.74) is 1.30. The number of aryl methyl sites for hydroxylation is 1. The second-order valence-corrected chi connectivity index (χ2v) is 10.8. The van der Waals surface area contributed by atoms with E-state index in [-0.39, 0.29) is 64.6 Å². The average Bonchev–Trinajstić information content (AvgIpc) is 2.82. The first-order chi connectivity index (χ1) is 16.5. The number of aromatic nitrogens is 1. The van der Waals surface area contributed by atoms with Crippen molar-refractivity contribution >= 4 is 44.2 Å². The van der Waals surface area contributed by atoms with E-state index < -0.39 is 9.84 Å². The van der Waals surface area contributed by atoms with Gasteiger partial charge in [-0.2, -0.15) is 0 Å². The maximum Gasteiger partial charge on any atom is 0.270 e. The van der Waals surface area contributed by atoms with Crippen LogP contribution in [0.5, 0.6) is 5.75 Å². The fourth-order valence-corrected chi connectivity index (χ4v) is 5.12. The number of piperazine rings is 1. The van der Waals surface area contributed by atoms with Crippen LogP contribution < -0.4 is 10.2 Å². The van der Waals surface area contributed by atoms with Crippen LogP contribution in [0.15, 0.2) is 46.1 Å². The molecule has 3 aromatic rings. The zero-order chi connectivity index (χ0) is 25.5. The molecule has 0 spiro atoms. The fourth-order valence-electron chi connectivity index (χ4n) is 4.14. The predicted molar refractivity (Wildman–Crippen MR) is 132 cm³/mol.